The van der Waals surface area contributed by atoms with E-state index in [1.807, 2.05) is 0 Å². The topological polar surface area (TPSA) is 66.7 Å². The molecule has 1 amide bonds. The molecule has 0 radical (unpaired) electrons. The summed E-state index contributed by atoms with van der Waals surface area (Å²) in [6.45, 7) is 2.47. The summed E-state index contributed by atoms with van der Waals surface area (Å²) in [7, 11) is 0. The number of hydrogen-bond donors (Lipinski definition) is 0. The van der Waals surface area contributed by atoms with E-state index in [1.54, 1.807) is 35.2 Å². The van der Waals surface area contributed by atoms with Gasteiger partial charge in [-0.3, -0.25) is 14.9 Å². The summed E-state index contributed by atoms with van der Waals surface area (Å²) in [5.41, 5.74) is 1.54. The highest BCUT2D eigenvalue weighted by atomic mass is 19.1. The van der Waals surface area contributed by atoms with E-state index in [1.165, 1.54) is 30.3 Å². The van der Waals surface area contributed by atoms with Crippen molar-refractivity contribution in [3.05, 3.63) is 76.1 Å². The van der Waals surface area contributed by atoms with Gasteiger partial charge in [0.25, 0.3) is 5.69 Å². The lowest BCUT2D eigenvalue weighted by atomic mass is 10.2. The molecule has 0 bridgehead atoms. The van der Waals surface area contributed by atoms with Crippen LogP contribution < -0.4 is 4.90 Å². The number of nitro groups is 1. The molecule has 1 aliphatic rings. The van der Waals surface area contributed by atoms with Crippen molar-refractivity contribution >= 4 is 23.4 Å². The van der Waals surface area contributed by atoms with Crippen LogP contribution in [0.2, 0.25) is 0 Å². The molecule has 1 saturated heterocycles. The van der Waals surface area contributed by atoms with E-state index in [4.69, 9.17) is 0 Å². The normalized spacial score (nSPS) is 14.7. The average Bonchev–Trinajstić information content (AvgIpc) is 2.67. The van der Waals surface area contributed by atoms with Gasteiger partial charge in [0.15, 0.2) is 0 Å². The lowest BCUT2D eigenvalue weighted by molar-refractivity contribution is -0.384. The maximum absolute atomic E-state index is 13.0. The number of carbonyl (C=O) groups is 1. The van der Waals surface area contributed by atoms with Gasteiger partial charge in [0, 0.05) is 50.1 Å². The van der Waals surface area contributed by atoms with E-state index in [-0.39, 0.29) is 17.4 Å². The molecule has 6 nitrogen and oxygen atoms in total. The summed E-state index contributed by atoms with van der Waals surface area (Å²) < 4.78 is 13.0. The van der Waals surface area contributed by atoms with Crippen molar-refractivity contribution in [2.45, 2.75) is 0 Å². The maximum Gasteiger partial charge on any atom is 0.270 e. The molecule has 7 heteroatoms. The molecule has 1 heterocycles. The standard InChI is InChI=1S/C19H18FN3O3/c20-16-5-7-17(8-6-16)21-10-12-22(13-11-21)19(24)9-4-15-2-1-3-18(14-15)23(25)26/h1-9,14H,10-13H2/b9-4+. The number of carbonyl (C=O) groups excluding carboxylic acids is 1. The fraction of sp³-hybridized carbons (Fsp3) is 0.211. The van der Waals surface area contributed by atoms with Gasteiger partial charge < -0.3 is 9.80 Å². The number of nitro benzene ring substituents is 1. The Morgan fingerprint density at radius 2 is 1.77 bits per heavy atom. The quantitative estimate of drug-likeness (QED) is 0.480. The Balaban J connectivity index is 1.57. The molecule has 2 aromatic carbocycles. The monoisotopic (exact) mass is 355 g/mol. The molecule has 0 unspecified atom stereocenters. The molecule has 0 aliphatic carbocycles. The van der Waals surface area contributed by atoms with E-state index >= 15 is 0 Å². The Kier molecular flexibility index (Phi) is 5.26. The number of anilines is 1. The third-order valence-corrected chi connectivity index (χ3v) is 4.28. The Hall–Kier alpha value is -3.22. The van der Waals surface area contributed by atoms with Gasteiger partial charge in [0.2, 0.25) is 5.91 Å². The number of benzene rings is 2. The van der Waals surface area contributed by atoms with Gasteiger partial charge in [0.05, 0.1) is 4.92 Å². The summed E-state index contributed by atoms with van der Waals surface area (Å²) in [5.74, 6) is -0.399. The van der Waals surface area contributed by atoms with Gasteiger partial charge in [-0.1, -0.05) is 12.1 Å². The molecular weight excluding hydrogens is 337 g/mol. The Bertz CT molecular complexity index is 828. The number of piperazine rings is 1. The molecule has 3 rings (SSSR count). The fourth-order valence-electron chi connectivity index (χ4n) is 2.85. The molecule has 0 spiro atoms. The molecule has 0 atom stereocenters. The zero-order valence-electron chi connectivity index (χ0n) is 14.0. The highest BCUT2D eigenvalue weighted by molar-refractivity contribution is 5.92. The van der Waals surface area contributed by atoms with Crippen molar-refractivity contribution in [2.75, 3.05) is 31.1 Å². The third kappa shape index (κ3) is 4.24. The third-order valence-electron chi connectivity index (χ3n) is 4.28. The van der Waals surface area contributed by atoms with E-state index in [9.17, 15) is 19.3 Å². The second-order valence-corrected chi connectivity index (χ2v) is 5.97. The SMILES string of the molecule is O=C(/C=C/c1cccc([N+](=O)[O-])c1)N1CCN(c2ccc(F)cc2)CC1. The van der Waals surface area contributed by atoms with E-state index < -0.39 is 4.92 Å². The first-order valence-corrected chi connectivity index (χ1v) is 8.25. The highest BCUT2D eigenvalue weighted by Crippen LogP contribution is 2.18. The van der Waals surface area contributed by atoms with Crippen molar-refractivity contribution in [1.82, 2.24) is 4.90 Å². The minimum Gasteiger partial charge on any atom is -0.368 e. The molecule has 1 aliphatic heterocycles. The molecule has 1 fully saturated rings. The van der Waals surface area contributed by atoms with Crippen molar-refractivity contribution in [1.29, 1.82) is 0 Å². The van der Waals surface area contributed by atoms with Gasteiger partial charge >= 0.3 is 0 Å². The van der Waals surface area contributed by atoms with E-state index in [0.29, 0.717) is 31.7 Å². The Morgan fingerprint density at radius 1 is 1.08 bits per heavy atom. The van der Waals surface area contributed by atoms with Crippen molar-refractivity contribution in [2.24, 2.45) is 0 Å². The van der Waals surface area contributed by atoms with Gasteiger partial charge in [-0.05, 0) is 35.9 Å². The molecule has 26 heavy (non-hydrogen) atoms. The number of amides is 1. The number of halogens is 1. The van der Waals surface area contributed by atoms with Crippen LogP contribution in [0.25, 0.3) is 6.08 Å². The zero-order valence-corrected chi connectivity index (χ0v) is 14.0. The smallest absolute Gasteiger partial charge is 0.270 e. The van der Waals surface area contributed by atoms with Gasteiger partial charge in [0.1, 0.15) is 5.82 Å². The maximum atomic E-state index is 13.0. The number of nitrogens with zero attached hydrogens (tertiary/aromatic N) is 3. The molecule has 134 valence electrons. The van der Waals surface area contributed by atoms with Crippen LogP contribution in [0.4, 0.5) is 15.8 Å². The van der Waals surface area contributed by atoms with Crippen LogP contribution in [0.15, 0.2) is 54.6 Å². The molecular formula is C19H18FN3O3. The van der Waals surface area contributed by atoms with Crippen LogP contribution >= 0.6 is 0 Å². The lowest BCUT2D eigenvalue weighted by Gasteiger charge is -2.35. The van der Waals surface area contributed by atoms with Crippen LogP contribution in [-0.4, -0.2) is 41.9 Å². The fourth-order valence-corrected chi connectivity index (χ4v) is 2.85. The molecule has 0 N–H and O–H groups in total. The molecule has 2 aromatic rings. The summed E-state index contributed by atoms with van der Waals surface area (Å²) in [6.07, 6.45) is 3.02. The van der Waals surface area contributed by atoms with E-state index in [0.717, 1.165) is 5.69 Å². The predicted molar refractivity (Wildman–Crippen MR) is 97.3 cm³/mol. The van der Waals surface area contributed by atoms with Crippen LogP contribution in [0.1, 0.15) is 5.56 Å². The van der Waals surface area contributed by atoms with Crippen molar-refractivity contribution in [3.8, 4) is 0 Å². The number of rotatable bonds is 4. The van der Waals surface area contributed by atoms with Gasteiger partial charge in [-0.25, -0.2) is 4.39 Å². The van der Waals surface area contributed by atoms with Crippen molar-refractivity contribution < 1.29 is 14.1 Å². The van der Waals surface area contributed by atoms with Crippen LogP contribution in [-0.2, 0) is 4.79 Å². The van der Waals surface area contributed by atoms with Crippen LogP contribution in [0.3, 0.4) is 0 Å². The minimum atomic E-state index is -0.464. The van der Waals surface area contributed by atoms with Crippen LogP contribution in [0.5, 0.6) is 0 Å². The lowest BCUT2D eigenvalue weighted by Crippen LogP contribution is -2.48. The van der Waals surface area contributed by atoms with Gasteiger partial charge in [-0.2, -0.15) is 0 Å². The minimum absolute atomic E-state index is 0.00693. The average molecular weight is 355 g/mol. The largest absolute Gasteiger partial charge is 0.368 e. The first kappa shape index (κ1) is 17.6. The first-order valence-electron chi connectivity index (χ1n) is 8.25. The zero-order chi connectivity index (χ0) is 18.5. The summed E-state index contributed by atoms with van der Waals surface area (Å²) in [6, 6.07) is 12.4. The van der Waals surface area contributed by atoms with E-state index in [2.05, 4.69) is 4.90 Å². The molecule has 0 aromatic heterocycles. The first-order chi connectivity index (χ1) is 12.5. The summed E-state index contributed by atoms with van der Waals surface area (Å²) >= 11 is 0. The number of hydrogen-bond acceptors (Lipinski definition) is 4. The molecule has 0 saturated carbocycles. The second kappa shape index (κ2) is 7.77. The highest BCUT2D eigenvalue weighted by Gasteiger charge is 2.19. The van der Waals surface area contributed by atoms with Crippen molar-refractivity contribution in [3.63, 3.8) is 0 Å². The summed E-state index contributed by atoms with van der Waals surface area (Å²) in [4.78, 5) is 26.5. The summed E-state index contributed by atoms with van der Waals surface area (Å²) in [5, 5.41) is 10.8. The Labute approximate surface area is 150 Å². The predicted octanol–water partition coefficient (Wildman–Crippen LogP) is 3.10. The Morgan fingerprint density at radius 3 is 2.42 bits per heavy atom. The second-order valence-electron chi connectivity index (χ2n) is 5.97. The number of non-ortho nitro benzene ring substituents is 1. The van der Waals surface area contributed by atoms with Gasteiger partial charge in [-0.15, -0.1) is 0 Å². The van der Waals surface area contributed by atoms with Crippen LogP contribution in [0, 0.1) is 15.9 Å².